The molecule has 0 saturated carbocycles. The van der Waals surface area contributed by atoms with Gasteiger partial charge in [0.1, 0.15) is 35.2 Å². The molecule has 3 aromatic rings. The molecule has 0 fully saturated rings. The number of fused-ring (bicyclic) bond motifs is 1. The van der Waals surface area contributed by atoms with Crippen LogP contribution in [0.25, 0.3) is 16.9 Å². The number of ether oxygens (including phenoxy) is 3. The Labute approximate surface area is 157 Å². The van der Waals surface area contributed by atoms with E-state index in [4.69, 9.17) is 19.2 Å². The summed E-state index contributed by atoms with van der Waals surface area (Å²) in [6.07, 6.45) is 1.92. The average Bonchev–Trinajstić information content (AvgIpc) is 3.03. The van der Waals surface area contributed by atoms with Crippen LogP contribution in [0.2, 0.25) is 0 Å². The van der Waals surface area contributed by atoms with Gasteiger partial charge in [-0.25, -0.2) is 4.98 Å². The fourth-order valence-corrected chi connectivity index (χ4v) is 2.87. The van der Waals surface area contributed by atoms with Gasteiger partial charge in [-0.2, -0.15) is 0 Å². The first-order valence-electron chi connectivity index (χ1n) is 8.68. The molecule has 0 aliphatic heterocycles. The number of hydrogen-bond acceptors (Lipinski definition) is 6. The summed E-state index contributed by atoms with van der Waals surface area (Å²) in [7, 11) is 3.22. The Balaban J connectivity index is 2.14. The predicted octanol–water partition coefficient (Wildman–Crippen LogP) is 3.30. The van der Waals surface area contributed by atoms with Crippen LogP contribution in [-0.4, -0.2) is 42.7 Å². The SMILES string of the molecule is CCOC(=O)CNc1c(-c2cc(OC)ccc2OC)nc2cc(C)ccn12. The third-order valence-corrected chi connectivity index (χ3v) is 4.15. The molecular weight excluding hydrogens is 346 g/mol. The summed E-state index contributed by atoms with van der Waals surface area (Å²) in [5, 5.41) is 3.16. The van der Waals surface area contributed by atoms with Crippen LogP contribution >= 0.6 is 0 Å². The second-order valence-corrected chi connectivity index (χ2v) is 5.97. The van der Waals surface area contributed by atoms with E-state index in [1.54, 1.807) is 21.1 Å². The van der Waals surface area contributed by atoms with Gasteiger partial charge in [0.05, 0.1) is 20.8 Å². The monoisotopic (exact) mass is 369 g/mol. The van der Waals surface area contributed by atoms with Gasteiger partial charge in [-0.1, -0.05) is 0 Å². The zero-order chi connectivity index (χ0) is 19.4. The number of anilines is 1. The van der Waals surface area contributed by atoms with Gasteiger partial charge in [0.15, 0.2) is 0 Å². The van der Waals surface area contributed by atoms with E-state index in [1.807, 2.05) is 47.9 Å². The standard InChI is InChI=1S/C20H23N3O4/c1-5-27-18(24)12-21-20-19(22-17-10-13(2)8-9-23(17)20)15-11-14(25-3)6-7-16(15)26-4/h6-11,21H,5,12H2,1-4H3. The van der Waals surface area contributed by atoms with Crippen molar-refractivity contribution in [3.05, 3.63) is 42.1 Å². The van der Waals surface area contributed by atoms with Gasteiger partial charge in [0, 0.05) is 11.8 Å². The zero-order valence-corrected chi connectivity index (χ0v) is 15.9. The largest absolute Gasteiger partial charge is 0.497 e. The highest BCUT2D eigenvalue weighted by Crippen LogP contribution is 2.37. The number of benzene rings is 1. The molecule has 7 heteroatoms. The molecule has 27 heavy (non-hydrogen) atoms. The van der Waals surface area contributed by atoms with Gasteiger partial charge < -0.3 is 19.5 Å². The van der Waals surface area contributed by atoms with Crippen LogP contribution in [-0.2, 0) is 9.53 Å². The fraction of sp³-hybridized carbons (Fsp3) is 0.300. The molecule has 2 aromatic heterocycles. The van der Waals surface area contributed by atoms with Crippen LogP contribution in [0.3, 0.4) is 0 Å². The molecule has 0 bridgehead atoms. The molecule has 0 spiro atoms. The summed E-state index contributed by atoms with van der Waals surface area (Å²) in [5.41, 5.74) is 3.29. The summed E-state index contributed by atoms with van der Waals surface area (Å²) in [5.74, 6) is 1.71. The highest BCUT2D eigenvalue weighted by atomic mass is 16.5. The minimum Gasteiger partial charge on any atom is -0.497 e. The average molecular weight is 369 g/mol. The quantitative estimate of drug-likeness (QED) is 0.644. The van der Waals surface area contributed by atoms with E-state index < -0.39 is 0 Å². The van der Waals surface area contributed by atoms with E-state index in [-0.39, 0.29) is 12.5 Å². The number of nitrogens with one attached hydrogen (secondary N) is 1. The maximum atomic E-state index is 11.8. The molecule has 1 N–H and O–H groups in total. The first-order valence-corrected chi connectivity index (χ1v) is 8.68. The minimum absolute atomic E-state index is 0.0365. The number of aryl methyl sites for hydroxylation is 1. The number of esters is 1. The molecular formula is C20H23N3O4. The number of aromatic nitrogens is 2. The van der Waals surface area contributed by atoms with Crippen LogP contribution in [0, 0.1) is 6.92 Å². The number of rotatable bonds is 7. The Hall–Kier alpha value is -3.22. The van der Waals surface area contributed by atoms with Crippen molar-refractivity contribution in [2.24, 2.45) is 0 Å². The summed E-state index contributed by atoms with van der Waals surface area (Å²) >= 11 is 0. The van der Waals surface area contributed by atoms with E-state index in [1.165, 1.54) is 0 Å². The van der Waals surface area contributed by atoms with Crippen molar-refractivity contribution in [2.75, 3.05) is 32.7 Å². The number of carbonyl (C=O) groups is 1. The maximum absolute atomic E-state index is 11.8. The Kier molecular flexibility index (Phi) is 5.49. The van der Waals surface area contributed by atoms with E-state index >= 15 is 0 Å². The molecule has 3 rings (SSSR count). The van der Waals surface area contributed by atoms with Gasteiger partial charge in [-0.05, 0) is 49.7 Å². The molecule has 0 saturated heterocycles. The van der Waals surface area contributed by atoms with Crippen molar-refractivity contribution in [1.29, 1.82) is 0 Å². The lowest BCUT2D eigenvalue weighted by Crippen LogP contribution is -2.18. The number of imidazole rings is 1. The molecule has 7 nitrogen and oxygen atoms in total. The number of hydrogen-bond donors (Lipinski definition) is 1. The van der Waals surface area contributed by atoms with Crippen molar-refractivity contribution >= 4 is 17.4 Å². The number of methoxy groups -OCH3 is 2. The van der Waals surface area contributed by atoms with Crippen LogP contribution in [0.1, 0.15) is 12.5 Å². The minimum atomic E-state index is -0.330. The normalized spacial score (nSPS) is 10.7. The molecule has 0 unspecified atom stereocenters. The topological polar surface area (TPSA) is 74.1 Å². The highest BCUT2D eigenvalue weighted by Gasteiger charge is 2.19. The smallest absolute Gasteiger partial charge is 0.325 e. The van der Waals surface area contributed by atoms with Gasteiger partial charge >= 0.3 is 5.97 Å². The predicted molar refractivity (Wildman–Crippen MR) is 104 cm³/mol. The first kappa shape index (κ1) is 18.6. The van der Waals surface area contributed by atoms with Crippen LogP contribution in [0.15, 0.2) is 36.5 Å². The number of pyridine rings is 1. The van der Waals surface area contributed by atoms with E-state index in [9.17, 15) is 4.79 Å². The van der Waals surface area contributed by atoms with Crippen molar-refractivity contribution < 1.29 is 19.0 Å². The van der Waals surface area contributed by atoms with Crippen LogP contribution < -0.4 is 14.8 Å². The van der Waals surface area contributed by atoms with E-state index in [0.717, 1.165) is 16.8 Å². The molecule has 2 heterocycles. The van der Waals surface area contributed by atoms with Gasteiger partial charge in [-0.3, -0.25) is 9.20 Å². The number of nitrogens with zero attached hydrogens (tertiary/aromatic N) is 2. The molecule has 0 atom stereocenters. The lowest BCUT2D eigenvalue weighted by atomic mass is 10.1. The molecule has 1 aromatic carbocycles. The van der Waals surface area contributed by atoms with Gasteiger partial charge in [-0.15, -0.1) is 0 Å². The third kappa shape index (κ3) is 3.81. The van der Waals surface area contributed by atoms with Gasteiger partial charge in [0.25, 0.3) is 0 Å². The Morgan fingerprint density at radius 1 is 1.19 bits per heavy atom. The lowest BCUT2D eigenvalue weighted by Gasteiger charge is -2.12. The lowest BCUT2D eigenvalue weighted by molar-refractivity contribution is -0.140. The van der Waals surface area contributed by atoms with Crippen molar-refractivity contribution in [3.8, 4) is 22.8 Å². The molecule has 0 radical (unpaired) electrons. The van der Waals surface area contributed by atoms with Crippen LogP contribution in [0.5, 0.6) is 11.5 Å². The summed E-state index contributed by atoms with van der Waals surface area (Å²) in [6.45, 7) is 4.16. The maximum Gasteiger partial charge on any atom is 0.325 e. The van der Waals surface area contributed by atoms with Crippen molar-refractivity contribution in [3.63, 3.8) is 0 Å². The summed E-state index contributed by atoms with van der Waals surface area (Å²) < 4.78 is 17.8. The number of carbonyl (C=O) groups excluding carboxylic acids is 1. The first-order chi connectivity index (χ1) is 13.1. The summed E-state index contributed by atoms with van der Waals surface area (Å²) in [4.78, 5) is 16.6. The van der Waals surface area contributed by atoms with Crippen molar-refractivity contribution in [1.82, 2.24) is 9.38 Å². The molecule has 0 aliphatic rings. The second kappa shape index (κ2) is 7.99. The molecule has 142 valence electrons. The zero-order valence-electron chi connectivity index (χ0n) is 15.9. The second-order valence-electron chi connectivity index (χ2n) is 5.97. The fourth-order valence-electron chi connectivity index (χ4n) is 2.87. The van der Waals surface area contributed by atoms with E-state index in [0.29, 0.717) is 29.6 Å². The third-order valence-electron chi connectivity index (χ3n) is 4.15. The van der Waals surface area contributed by atoms with Gasteiger partial charge in [0.2, 0.25) is 0 Å². The Bertz CT molecular complexity index is 965. The molecule has 0 aliphatic carbocycles. The molecule has 0 amide bonds. The highest BCUT2D eigenvalue weighted by molar-refractivity contribution is 5.83. The Morgan fingerprint density at radius 2 is 2.00 bits per heavy atom. The van der Waals surface area contributed by atoms with E-state index in [2.05, 4.69) is 5.32 Å². The summed E-state index contributed by atoms with van der Waals surface area (Å²) in [6, 6.07) is 9.48. The Morgan fingerprint density at radius 3 is 2.70 bits per heavy atom. The van der Waals surface area contributed by atoms with Crippen molar-refractivity contribution in [2.45, 2.75) is 13.8 Å². The van der Waals surface area contributed by atoms with Crippen LogP contribution in [0.4, 0.5) is 5.82 Å².